The Morgan fingerprint density at radius 2 is 1.91 bits per heavy atom. The standard InChI is InChI=1S/C32H41F2N7OS/c1-21(42)39-15-8-28-27(20-39)31(37-41(28)24-6-13-38(14-7-24)19-22-4-9-35-10-5-22)40-12-2-3-23-17-26(32-36-11-16-43-32)25(30(33)34)18-29(23)40/h11,16-18,22,24,30,35H,2-10,12-15,19-20H2,1H3. The first-order valence-corrected chi connectivity index (χ1v) is 16.8. The summed E-state index contributed by atoms with van der Waals surface area (Å²) in [4.78, 5) is 23.5. The number of fused-ring (bicyclic) bond motifs is 2. The summed E-state index contributed by atoms with van der Waals surface area (Å²) in [6, 6.07) is 3.90. The molecule has 43 heavy (non-hydrogen) atoms. The predicted molar refractivity (Wildman–Crippen MR) is 165 cm³/mol. The molecule has 0 atom stereocenters. The molecule has 0 aliphatic carbocycles. The Bertz CT molecular complexity index is 1440. The normalized spacial score (nSPS) is 20.5. The highest BCUT2D eigenvalue weighted by Gasteiger charge is 2.35. The molecule has 4 aliphatic heterocycles. The molecule has 0 radical (unpaired) electrons. The fourth-order valence-corrected chi connectivity index (χ4v) is 8.26. The molecule has 230 valence electrons. The Morgan fingerprint density at radius 1 is 1.09 bits per heavy atom. The second kappa shape index (κ2) is 12.2. The van der Waals surface area contributed by atoms with Crippen molar-refractivity contribution in [3.8, 4) is 10.6 Å². The number of carbonyl (C=O) groups is 1. The minimum Gasteiger partial charge on any atom is -0.338 e. The molecule has 2 aromatic heterocycles. The zero-order valence-corrected chi connectivity index (χ0v) is 25.7. The maximum absolute atomic E-state index is 14.4. The summed E-state index contributed by atoms with van der Waals surface area (Å²) in [5, 5.41) is 11.2. The number of rotatable bonds is 6. The van der Waals surface area contributed by atoms with Crippen LogP contribution in [-0.4, -0.2) is 76.3 Å². The molecule has 7 rings (SSSR count). The lowest BCUT2D eigenvalue weighted by Crippen LogP contribution is -2.41. The van der Waals surface area contributed by atoms with Crippen molar-refractivity contribution in [2.24, 2.45) is 5.92 Å². The van der Waals surface area contributed by atoms with Gasteiger partial charge in [0.15, 0.2) is 5.82 Å². The van der Waals surface area contributed by atoms with Gasteiger partial charge in [-0.25, -0.2) is 13.8 Å². The van der Waals surface area contributed by atoms with Gasteiger partial charge in [0.05, 0.1) is 12.6 Å². The highest BCUT2D eigenvalue weighted by molar-refractivity contribution is 7.13. The Balaban J connectivity index is 1.21. The van der Waals surface area contributed by atoms with Gasteiger partial charge in [-0.3, -0.25) is 9.48 Å². The third-order valence-corrected chi connectivity index (χ3v) is 10.7. The molecule has 11 heteroatoms. The van der Waals surface area contributed by atoms with Gasteiger partial charge in [0.25, 0.3) is 6.43 Å². The number of likely N-dealkylation sites (tertiary alicyclic amines) is 1. The maximum atomic E-state index is 14.4. The van der Waals surface area contributed by atoms with E-state index in [-0.39, 0.29) is 11.5 Å². The third kappa shape index (κ3) is 5.71. The summed E-state index contributed by atoms with van der Waals surface area (Å²) in [5.41, 5.74) is 4.69. The molecule has 0 bridgehead atoms. The number of halogens is 2. The van der Waals surface area contributed by atoms with Crippen molar-refractivity contribution in [2.75, 3.05) is 50.7 Å². The molecule has 1 N–H and O–H groups in total. The molecule has 2 saturated heterocycles. The van der Waals surface area contributed by atoms with Crippen LogP contribution >= 0.6 is 11.3 Å². The van der Waals surface area contributed by atoms with Crippen LogP contribution in [0, 0.1) is 5.92 Å². The molecule has 1 aromatic carbocycles. The van der Waals surface area contributed by atoms with E-state index in [1.54, 1.807) is 19.2 Å². The van der Waals surface area contributed by atoms with Gasteiger partial charge in [-0.15, -0.1) is 11.3 Å². The number of hydrogen-bond acceptors (Lipinski definition) is 7. The lowest BCUT2D eigenvalue weighted by molar-refractivity contribution is -0.129. The Kier molecular flexibility index (Phi) is 8.22. The summed E-state index contributed by atoms with van der Waals surface area (Å²) < 4.78 is 31.2. The quantitative estimate of drug-likeness (QED) is 0.394. The number of thiazole rings is 1. The number of aryl methyl sites for hydroxylation is 1. The molecule has 0 spiro atoms. The highest BCUT2D eigenvalue weighted by Crippen LogP contribution is 2.44. The highest BCUT2D eigenvalue weighted by atomic mass is 32.1. The Labute approximate surface area is 256 Å². The molecule has 0 saturated carbocycles. The van der Waals surface area contributed by atoms with Gasteiger partial charge in [-0.05, 0) is 75.2 Å². The maximum Gasteiger partial charge on any atom is 0.264 e. The van der Waals surface area contributed by atoms with Crippen molar-refractivity contribution < 1.29 is 13.6 Å². The minimum absolute atomic E-state index is 0.0142. The zero-order chi connectivity index (χ0) is 29.5. The van der Waals surface area contributed by atoms with E-state index >= 15 is 0 Å². The minimum atomic E-state index is -2.61. The molecule has 0 unspecified atom stereocenters. The molecular weight excluding hydrogens is 568 g/mol. The number of carbonyl (C=O) groups excluding carboxylic acids is 1. The zero-order valence-electron chi connectivity index (χ0n) is 24.9. The van der Waals surface area contributed by atoms with Gasteiger partial charge < -0.3 is 20.0 Å². The van der Waals surface area contributed by atoms with Crippen molar-refractivity contribution in [2.45, 2.75) is 70.9 Å². The van der Waals surface area contributed by atoms with Gasteiger partial charge in [0, 0.05) is 85.7 Å². The number of aromatic nitrogens is 3. The van der Waals surface area contributed by atoms with Crippen molar-refractivity contribution in [3.63, 3.8) is 0 Å². The van der Waals surface area contributed by atoms with E-state index < -0.39 is 6.43 Å². The fourth-order valence-electron chi connectivity index (χ4n) is 7.58. The van der Waals surface area contributed by atoms with Gasteiger partial charge in [0.2, 0.25) is 5.91 Å². The summed E-state index contributed by atoms with van der Waals surface area (Å²) in [6.07, 6.45) is 6.19. The van der Waals surface area contributed by atoms with Crippen molar-refractivity contribution in [1.82, 2.24) is 29.9 Å². The van der Waals surface area contributed by atoms with Crippen LogP contribution in [0.15, 0.2) is 23.7 Å². The third-order valence-electron chi connectivity index (χ3n) is 9.91. The first-order valence-electron chi connectivity index (χ1n) is 15.9. The lowest BCUT2D eigenvalue weighted by atomic mass is 9.95. The average molecular weight is 610 g/mol. The number of anilines is 2. The van der Waals surface area contributed by atoms with Gasteiger partial charge in [-0.1, -0.05) is 0 Å². The van der Waals surface area contributed by atoms with E-state index in [1.807, 2.05) is 16.3 Å². The summed E-state index contributed by atoms with van der Waals surface area (Å²) in [7, 11) is 0. The van der Waals surface area contributed by atoms with Crippen LogP contribution in [0.2, 0.25) is 0 Å². The Hall–Kier alpha value is -2.89. The van der Waals surface area contributed by atoms with Gasteiger partial charge >= 0.3 is 0 Å². The monoisotopic (exact) mass is 609 g/mol. The average Bonchev–Trinajstić information content (AvgIpc) is 3.70. The molecule has 6 heterocycles. The number of nitrogens with zero attached hydrogens (tertiary/aromatic N) is 6. The smallest absolute Gasteiger partial charge is 0.264 e. The van der Waals surface area contributed by atoms with E-state index in [0.717, 1.165) is 86.8 Å². The van der Waals surface area contributed by atoms with Crippen LogP contribution in [-0.2, 0) is 24.2 Å². The number of nitrogens with one attached hydrogen (secondary N) is 1. The van der Waals surface area contributed by atoms with Crippen molar-refractivity contribution >= 4 is 28.7 Å². The van der Waals surface area contributed by atoms with E-state index in [0.29, 0.717) is 36.2 Å². The van der Waals surface area contributed by atoms with Crippen LogP contribution in [0.4, 0.5) is 20.3 Å². The van der Waals surface area contributed by atoms with Crippen molar-refractivity contribution in [1.29, 1.82) is 0 Å². The van der Waals surface area contributed by atoms with Gasteiger partial charge in [0.1, 0.15) is 5.01 Å². The van der Waals surface area contributed by atoms with Crippen LogP contribution in [0.1, 0.15) is 73.9 Å². The number of benzene rings is 1. The molecule has 1 amide bonds. The summed E-state index contributed by atoms with van der Waals surface area (Å²) in [5.74, 6) is 1.68. The molecule has 8 nitrogen and oxygen atoms in total. The topological polar surface area (TPSA) is 69.5 Å². The number of piperidine rings is 2. The Morgan fingerprint density at radius 3 is 2.63 bits per heavy atom. The first-order chi connectivity index (χ1) is 21.0. The van der Waals surface area contributed by atoms with Crippen LogP contribution < -0.4 is 10.2 Å². The van der Waals surface area contributed by atoms with E-state index in [2.05, 4.69) is 24.8 Å². The van der Waals surface area contributed by atoms with Crippen molar-refractivity contribution in [3.05, 3.63) is 46.1 Å². The summed E-state index contributed by atoms with van der Waals surface area (Å²) in [6.45, 7) is 9.12. The van der Waals surface area contributed by atoms with E-state index in [1.165, 1.54) is 36.4 Å². The van der Waals surface area contributed by atoms with E-state index in [9.17, 15) is 13.6 Å². The van der Waals surface area contributed by atoms with E-state index in [4.69, 9.17) is 5.10 Å². The largest absolute Gasteiger partial charge is 0.338 e. The fraction of sp³-hybridized carbons (Fsp3) is 0.594. The van der Waals surface area contributed by atoms with Crippen LogP contribution in [0.3, 0.4) is 0 Å². The predicted octanol–water partition coefficient (Wildman–Crippen LogP) is 5.57. The SMILES string of the molecule is CC(=O)N1CCc2c(c(N3CCCc4cc(-c5nccs5)c(C(F)F)cc43)nn2C2CCN(CC3CCNCC3)CC2)C1. The second-order valence-electron chi connectivity index (χ2n) is 12.6. The van der Waals surface area contributed by atoms with Gasteiger partial charge in [-0.2, -0.15) is 5.10 Å². The number of alkyl halides is 2. The first kappa shape index (κ1) is 28.9. The molecular formula is C32H41F2N7OS. The number of amides is 1. The van der Waals surface area contributed by atoms with Crippen LogP contribution in [0.25, 0.3) is 10.6 Å². The lowest BCUT2D eigenvalue weighted by Gasteiger charge is -2.36. The molecule has 2 fully saturated rings. The second-order valence-corrected chi connectivity index (χ2v) is 13.5. The molecule has 3 aromatic rings. The summed E-state index contributed by atoms with van der Waals surface area (Å²) >= 11 is 1.39. The molecule has 4 aliphatic rings. The van der Waals surface area contributed by atoms with Crippen LogP contribution in [0.5, 0.6) is 0 Å². The number of hydrogen-bond donors (Lipinski definition) is 1.